The number of halogens is 2. The highest BCUT2D eigenvalue weighted by Gasteiger charge is 2.08. The lowest BCUT2D eigenvalue weighted by Crippen LogP contribution is -2.31. The molecule has 3 aromatic rings. The van der Waals surface area contributed by atoms with E-state index in [9.17, 15) is 18.4 Å². The summed E-state index contributed by atoms with van der Waals surface area (Å²) in [5.41, 5.74) is 1.23. The zero-order chi connectivity index (χ0) is 22.2. The monoisotopic (exact) mass is 429 g/mol. The van der Waals surface area contributed by atoms with E-state index < -0.39 is 24.1 Å². The number of benzene rings is 2. The van der Waals surface area contributed by atoms with Gasteiger partial charge < -0.3 is 14.8 Å². The first kappa shape index (κ1) is 21.9. The number of amides is 1. The molecule has 0 aliphatic rings. The van der Waals surface area contributed by atoms with Gasteiger partial charge in [0.25, 0.3) is 11.5 Å². The van der Waals surface area contributed by atoms with Crippen LogP contribution < -0.4 is 20.3 Å². The zero-order valence-corrected chi connectivity index (χ0v) is 16.8. The third-order valence-corrected chi connectivity index (χ3v) is 4.37. The molecule has 0 fully saturated rings. The number of hydrogen-bond acceptors (Lipinski definition) is 5. The summed E-state index contributed by atoms with van der Waals surface area (Å²) in [5, 5.41) is 6.98. The molecule has 0 spiro atoms. The van der Waals surface area contributed by atoms with Gasteiger partial charge >= 0.3 is 0 Å². The molecule has 1 aromatic heterocycles. The summed E-state index contributed by atoms with van der Waals surface area (Å²) in [6.45, 7) is 0.166. The Kier molecular flexibility index (Phi) is 7.31. The van der Waals surface area contributed by atoms with Crippen molar-refractivity contribution in [3.05, 3.63) is 76.6 Å². The van der Waals surface area contributed by atoms with Gasteiger partial charge in [0.1, 0.15) is 11.6 Å². The highest BCUT2D eigenvalue weighted by Crippen LogP contribution is 2.19. The molecule has 0 radical (unpaired) electrons. The fourth-order valence-corrected chi connectivity index (χ4v) is 2.77. The van der Waals surface area contributed by atoms with Crippen molar-refractivity contribution < 1.29 is 23.0 Å². The minimum atomic E-state index is -0.880. The van der Waals surface area contributed by atoms with E-state index in [-0.39, 0.29) is 17.9 Å². The Morgan fingerprint density at radius 1 is 1.10 bits per heavy atom. The molecule has 7 nitrogen and oxygen atoms in total. The number of ether oxygens (including phenoxy) is 2. The second-order valence-electron chi connectivity index (χ2n) is 6.58. The van der Waals surface area contributed by atoms with Crippen LogP contribution in [0.5, 0.6) is 11.5 Å². The van der Waals surface area contributed by atoms with E-state index in [0.29, 0.717) is 24.7 Å². The Morgan fingerprint density at radius 2 is 1.87 bits per heavy atom. The minimum Gasteiger partial charge on any atom is -0.497 e. The Balaban J connectivity index is 1.48. The molecule has 0 aliphatic carbocycles. The predicted octanol–water partition coefficient (Wildman–Crippen LogP) is 2.78. The van der Waals surface area contributed by atoms with Gasteiger partial charge in [-0.1, -0.05) is 0 Å². The normalized spacial score (nSPS) is 10.5. The number of methoxy groups -OCH3 is 1. The fraction of sp³-hybridized carbons (Fsp3) is 0.227. The molecule has 0 unspecified atom stereocenters. The molecule has 31 heavy (non-hydrogen) atoms. The summed E-state index contributed by atoms with van der Waals surface area (Å²) in [7, 11) is 1.58. The van der Waals surface area contributed by atoms with Gasteiger partial charge in [-0.3, -0.25) is 9.59 Å². The fourth-order valence-electron chi connectivity index (χ4n) is 2.77. The van der Waals surface area contributed by atoms with Gasteiger partial charge in [0.15, 0.2) is 18.2 Å². The molecule has 3 rings (SSSR count). The van der Waals surface area contributed by atoms with E-state index in [1.165, 1.54) is 10.7 Å². The maximum absolute atomic E-state index is 13.5. The summed E-state index contributed by atoms with van der Waals surface area (Å²) >= 11 is 0. The smallest absolute Gasteiger partial charge is 0.266 e. The van der Waals surface area contributed by atoms with Crippen LogP contribution in [0.2, 0.25) is 0 Å². The number of carbonyl (C=O) groups is 1. The van der Waals surface area contributed by atoms with Crippen LogP contribution in [-0.4, -0.2) is 35.9 Å². The second-order valence-corrected chi connectivity index (χ2v) is 6.58. The summed E-state index contributed by atoms with van der Waals surface area (Å²) < 4.78 is 37.8. The molecule has 9 heteroatoms. The van der Waals surface area contributed by atoms with E-state index in [2.05, 4.69) is 10.4 Å². The van der Waals surface area contributed by atoms with Gasteiger partial charge in [0, 0.05) is 30.8 Å². The highest BCUT2D eigenvalue weighted by atomic mass is 19.1. The lowest BCUT2D eigenvalue weighted by Gasteiger charge is -2.10. The van der Waals surface area contributed by atoms with Crippen molar-refractivity contribution in [2.24, 2.45) is 0 Å². The summed E-state index contributed by atoms with van der Waals surface area (Å²) in [6.07, 6.45) is 0.454. The molecule has 0 aliphatic heterocycles. The first-order chi connectivity index (χ1) is 15.0. The number of aromatic nitrogens is 2. The van der Waals surface area contributed by atoms with Crippen LogP contribution in [0.15, 0.2) is 59.4 Å². The quantitative estimate of drug-likeness (QED) is 0.529. The lowest BCUT2D eigenvalue weighted by atomic mass is 10.1. The number of aryl methyl sites for hydroxylation is 1. The second kappa shape index (κ2) is 10.3. The average molecular weight is 429 g/mol. The maximum atomic E-state index is 13.5. The molecule has 2 aromatic carbocycles. The van der Waals surface area contributed by atoms with E-state index in [4.69, 9.17) is 9.47 Å². The molecule has 0 atom stereocenters. The van der Waals surface area contributed by atoms with Crippen molar-refractivity contribution >= 4 is 5.91 Å². The van der Waals surface area contributed by atoms with E-state index >= 15 is 0 Å². The zero-order valence-electron chi connectivity index (χ0n) is 16.8. The van der Waals surface area contributed by atoms with Gasteiger partial charge in [0.2, 0.25) is 0 Å². The number of nitrogens with zero attached hydrogens (tertiary/aromatic N) is 2. The van der Waals surface area contributed by atoms with Crippen LogP contribution in [0, 0.1) is 11.6 Å². The van der Waals surface area contributed by atoms with Crippen molar-refractivity contribution in [3.63, 3.8) is 0 Å². The topological polar surface area (TPSA) is 82.5 Å². The van der Waals surface area contributed by atoms with Crippen molar-refractivity contribution in [3.8, 4) is 22.8 Å². The summed E-state index contributed by atoms with van der Waals surface area (Å²) in [5.74, 6) is -1.55. The molecular formula is C22H21F2N3O4. The maximum Gasteiger partial charge on any atom is 0.266 e. The molecule has 162 valence electrons. The van der Waals surface area contributed by atoms with Crippen molar-refractivity contribution in [1.29, 1.82) is 0 Å². The van der Waals surface area contributed by atoms with Crippen LogP contribution >= 0.6 is 0 Å². The van der Waals surface area contributed by atoms with E-state index in [1.807, 2.05) is 24.3 Å². The van der Waals surface area contributed by atoms with Gasteiger partial charge in [0.05, 0.1) is 12.8 Å². The summed E-state index contributed by atoms with van der Waals surface area (Å²) in [6, 6.07) is 13.2. The number of nitrogens with one attached hydrogen (secondary N) is 1. The van der Waals surface area contributed by atoms with Crippen LogP contribution in [0.3, 0.4) is 0 Å². The molecule has 1 amide bonds. The van der Waals surface area contributed by atoms with E-state index in [0.717, 1.165) is 23.4 Å². The number of carbonyl (C=O) groups excluding carboxylic acids is 1. The number of rotatable bonds is 9. The average Bonchev–Trinajstić information content (AvgIpc) is 2.77. The Bertz CT molecular complexity index is 1100. The Hall–Kier alpha value is -3.75. The van der Waals surface area contributed by atoms with Gasteiger partial charge in [-0.2, -0.15) is 5.10 Å². The predicted molar refractivity (Wildman–Crippen MR) is 110 cm³/mol. The minimum absolute atomic E-state index is 0.206. The number of hydrogen-bond donors (Lipinski definition) is 1. The first-order valence-electron chi connectivity index (χ1n) is 9.53. The van der Waals surface area contributed by atoms with Crippen molar-refractivity contribution in [1.82, 2.24) is 15.1 Å². The van der Waals surface area contributed by atoms with Crippen LogP contribution in [0.4, 0.5) is 8.78 Å². The molecule has 1 heterocycles. The van der Waals surface area contributed by atoms with Crippen LogP contribution in [0.25, 0.3) is 11.3 Å². The van der Waals surface area contributed by atoms with Crippen molar-refractivity contribution in [2.45, 2.75) is 13.0 Å². The molecule has 0 saturated heterocycles. The van der Waals surface area contributed by atoms with Gasteiger partial charge in [-0.25, -0.2) is 13.5 Å². The van der Waals surface area contributed by atoms with Crippen LogP contribution in [-0.2, 0) is 11.3 Å². The van der Waals surface area contributed by atoms with Crippen LogP contribution in [0.1, 0.15) is 6.42 Å². The van der Waals surface area contributed by atoms with Gasteiger partial charge in [-0.05, 0) is 48.9 Å². The molecular weight excluding hydrogens is 408 g/mol. The third-order valence-electron chi connectivity index (χ3n) is 4.37. The van der Waals surface area contributed by atoms with E-state index in [1.54, 1.807) is 13.2 Å². The lowest BCUT2D eigenvalue weighted by molar-refractivity contribution is -0.123. The molecule has 1 N–H and O–H groups in total. The Labute approximate surface area is 177 Å². The van der Waals surface area contributed by atoms with Gasteiger partial charge in [-0.15, -0.1) is 0 Å². The largest absolute Gasteiger partial charge is 0.497 e. The highest BCUT2D eigenvalue weighted by molar-refractivity contribution is 5.77. The van der Waals surface area contributed by atoms with Crippen molar-refractivity contribution in [2.75, 3.05) is 20.3 Å². The molecule has 0 saturated carbocycles. The molecule has 0 bridgehead atoms. The Morgan fingerprint density at radius 3 is 2.58 bits per heavy atom. The SMILES string of the molecule is COc1ccc(-c2ccc(=O)n(CCCNC(=O)COc3ccc(F)cc3F)n2)cc1. The first-order valence-corrected chi connectivity index (χ1v) is 9.53. The standard InChI is InChI=1S/C22H21F2N3O4/c1-30-17-6-3-15(4-7-17)19-8-10-22(29)27(26-19)12-2-11-25-21(28)14-31-20-9-5-16(23)13-18(20)24/h3-10,13H,2,11-12,14H2,1H3,(H,25,28). The summed E-state index contributed by atoms with van der Waals surface area (Å²) in [4.78, 5) is 23.9. The third kappa shape index (κ3) is 6.11.